The molecule has 2 aromatic rings. The van der Waals surface area contributed by atoms with Crippen molar-refractivity contribution in [2.45, 2.75) is 13.8 Å². The molecule has 1 heterocycles. The third-order valence-corrected chi connectivity index (χ3v) is 4.53. The molecule has 0 aromatic heterocycles. The van der Waals surface area contributed by atoms with E-state index >= 15 is 0 Å². The number of aryl methyl sites for hydroxylation is 1. The van der Waals surface area contributed by atoms with Gasteiger partial charge in [0.1, 0.15) is 5.82 Å². The highest BCUT2D eigenvalue weighted by atomic mass is 19.1. The first-order valence-electron chi connectivity index (χ1n) is 8.37. The first-order valence-corrected chi connectivity index (χ1v) is 8.37. The molecule has 0 bridgehead atoms. The Kier molecular flexibility index (Phi) is 4.83. The minimum Gasteiger partial charge on any atom is -0.366 e. The van der Waals surface area contributed by atoms with Crippen molar-refractivity contribution in [3.63, 3.8) is 0 Å². The molecule has 0 radical (unpaired) electrons. The normalized spacial score (nSPS) is 14.5. The molecule has 0 N–H and O–H groups in total. The van der Waals surface area contributed by atoms with Crippen molar-refractivity contribution >= 4 is 17.4 Å². The summed E-state index contributed by atoms with van der Waals surface area (Å²) in [5.74, 6) is -0.541. The smallest absolute Gasteiger partial charge is 0.253 e. The Labute approximate surface area is 146 Å². The molecule has 130 valence electrons. The summed E-state index contributed by atoms with van der Waals surface area (Å²) < 4.78 is 14.3. The first-order chi connectivity index (χ1) is 12.0. The fraction of sp³-hybridized carbons (Fsp3) is 0.300. The van der Waals surface area contributed by atoms with E-state index in [0.29, 0.717) is 43.0 Å². The minimum absolute atomic E-state index is 0.00995. The van der Waals surface area contributed by atoms with Gasteiger partial charge in [-0.05, 0) is 44.2 Å². The average Bonchev–Trinajstić information content (AvgIpc) is 2.61. The van der Waals surface area contributed by atoms with Crippen LogP contribution in [0.25, 0.3) is 0 Å². The zero-order chi connectivity index (χ0) is 18.0. The van der Waals surface area contributed by atoms with Crippen LogP contribution in [0.5, 0.6) is 0 Å². The zero-order valence-corrected chi connectivity index (χ0v) is 14.5. The van der Waals surface area contributed by atoms with Crippen molar-refractivity contribution in [2.75, 3.05) is 31.1 Å². The van der Waals surface area contributed by atoms with E-state index in [4.69, 9.17) is 0 Å². The first kappa shape index (κ1) is 17.1. The molecule has 1 amide bonds. The number of nitrogens with zero attached hydrogens (tertiary/aromatic N) is 2. The number of rotatable bonds is 3. The highest BCUT2D eigenvalue weighted by Gasteiger charge is 2.24. The van der Waals surface area contributed by atoms with Crippen LogP contribution < -0.4 is 4.90 Å². The topological polar surface area (TPSA) is 40.6 Å². The number of carbonyl (C=O) groups is 2. The summed E-state index contributed by atoms with van der Waals surface area (Å²) in [7, 11) is 0. The number of piperazine rings is 1. The zero-order valence-electron chi connectivity index (χ0n) is 14.5. The highest BCUT2D eigenvalue weighted by Crippen LogP contribution is 2.23. The van der Waals surface area contributed by atoms with E-state index in [2.05, 4.69) is 0 Å². The highest BCUT2D eigenvalue weighted by molar-refractivity contribution is 5.95. The Morgan fingerprint density at radius 3 is 2.28 bits per heavy atom. The molecule has 0 saturated carbocycles. The third kappa shape index (κ3) is 3.71. The van der Waals surface area contributed by atoms with Crippen LogP contribution in [0.3, 0.4) is 0 Å². The van der Waals surface area contributed by atoms with Gasteiger partial charge in [0.25, 0.3) is 5.91 Å². The van der Waals surface area contributed by atoms with Crippen molar-refractivity contribution in [3.8, 4) is 0 Å². The number of anilines is 1. The van der Waals surface area contributed by atoms with Gasteiger partial charge in [0.2, 0.25) is 0 Å². The van der Waals surface area contributed by atoms with Gasteiger partial charge in [0.15, 0.2) is 5.78 Å². The summed E-state index contributed by atoms with van der Waals surface area (Å²) in [6, 6.07) is 12.1. The largest absolute Gasteiger partial charge is 0.366 e. The van der Waals surface area contributed by atoms with Crippen LogP contribution in [-0.2, 0) is 0 Å². The van der Waals surface area contributed by atoms with Crippen LogP contribution in [0.4, 0.5) is 10.1 Å². The third-order valence-electron chi connectivity index (χ3n) is 4.53. The van der Waals surface area contributed by atoms with Gasteiger partial charge in [-0.25, -0.2) is 4.39 Å². The van der Waals surface area contributed by atoms with Crippen LogP contribution >= 0.6 is 0 Å². The summed E-state index contributed by atoms with van der Waals surface area (Å²) >= 11 is 0. The average molecular weight is 340 g/mol. The molecule has 2 aromatic carbocycles. The van der Waals surface area contributed by atoms with E-state index < -0.39 is 5.82 Å². The van der Waals surface area contributed by atoms with E-state index in [1.54, 1.807) is 17.0 Å². The fourth-order valence-electron chi connectivity index (χ4n) is 3.09. The van der Waals surface area contributed by atoms with Crippen molar-refractivity contribution in [2.24, 2.45) is 0 Å². The number of hydrogen-bond donors (Lipinski definition) is 0. The van der Waals surface area contributed by atoms with Gasteiger partial charge in [-0.15, -0.1) is 0 Å². The SMILES string of the molecule is CC(=O)c1ccc(N2CCN(C(=O)c3cccc(C)c3)CC2)c(F)c1. The maximum atomic E-state index is 14.3. The molecule has 1 aliphatic heterocycles. The molecule has 1 fully saturated rings. The standard InChI is InChI=1S/C20H21FN2O2/c1-14-4-3-5-17(12-14)20(25)23-10-8-22(9-11-23)19-7-6-16(15(2)24)13-18(19)21/h3-7,12-13H,8-11H2,1-2H3. The summed E-state index contributed by atoms with van der Waals surface area (Å²) in [6.45, 7) is 5.59. The Hall–Kier alpha value is -2.69. The molecule has 1 saturated heterocycles. The molecule has 0 atom stereocenters. The molecule has 25 heavy (non-hydrogen) atoms. The van der Waals surface area contributed by atoms with E-state index in [1.165, 1.54) is 13.0 Å². The van der Waals surface area contributed by atoms with Gasteiger partial charge in [-0.1, -0.05) is 17.7 Å². The molecule has 1 aliphatic rings. The Bertz CT molecular complexity index is 811. The predicted molar refractivity (Wildman–Crippen MR) is 95.7 cm³/mol. The van der Waals surface area contributed by atoms with E-state index in [1.807, 2.05) is 36.1 Å². The van der Waals surface area contributed by atoms with Gasteiger partial charge in [0.05, 0.1) is 5.69 Å². The van der Waals surface area contributed by atoms with Crippen molar-refractivity contribution < 1.29 is 14.0 Å². The van der Waals surface area contributed by atoms with Crippen molar-refractivity contribution in [1.82, 2.24) is 4.90 Å². The van der Waals surface area contributed by atoms with Crippen LogP contribution in [0.15, 0.2) is 42.5 Å². The minimum atomic E-state index is -0.397. The number of Topliss-reactive ketones (excluding diaryl/α,β-unsaturated/α-hetero) is 1. The van der Waals surface area contributed by atoms with E-state index in [0.717, 1.165) is 5.56 Å². The van der Waals surface area contributed by atoms with Crippen LogP contribution in [0.2, 0.25) is 0 Å². The number of benzene rings is 2. The lowest BCUT2D eigenvalue weighted by Gasteiger charge is -2.36. The number of amides is 1. The molecule has 0 unspecified atom stereocenters. The van der Waals surface area contributed by atoms with Gasteiger partial charge in [-0.2, -0.15) is 0 Å². The number of hydrogen-bond acceptors (Lipinski definition) is 3. The maximum Gasteiger partial charge on any atom is 0.253 e. The van der Waals surface area contributed by atoms with E-state index in [9.17, 15) is 14.0 Å². The van der Waals surface area contributed by atoms with Crippen LogP contribution in [0.1, 0.15) is 33.2 Å². The van der Waals surface area contributed by atoms with E-state index in [-0.39, 0.29) is 11.7 Å². The molecule has 0 aliphatic carbocycles. The molecule has 5 heteroatoms. The lowest BCUT2D eigenvalue weighted by molar-refractivity contribution is 0.0746. The summed E-state index contributed by atoms with van der Waals surface area (Å²) in [6.07, 6.45) is 0. The van der Waals surface area contributed by atoms with Gasteiger partial charge >= 0.3 is 0 Å². The van der Waals surface area contributed by atoms with Gasteiger partial charge in [-0.3, -0.25) is 9.59 Å². The van der Waals surface area contributed by atoms with Crippen molar-refractivity contribution in [3.05, 3.63) is 65.0 Å². The lowest BCUT2D eigenvalue weighted by atomic mass is 10.1. The van der Waals surface area contributed by atoms with Crippen molar-refractivity contribution in [1.29, 1.82) is 0 Å². The van der Waals surface area contributed by atoms with Gasteiger partial charge in [0, 0.05) is 37.3 Å². The second kappa shape index (κ2) is 7.05. The maximum absolute atomic E-state index is 14.3. The quantitative estimate of drug-likeness (QED) is 0.805. The second-order valence-corrected chi connectivity index (χ2v) is 6.37. The summed E-state index contributed by atoms with van der Waals surface area (Å²) in [4.78, 5) is 27.6. The molecular formula is C20H21FN2O2. The number of carbonyl (C=O) groups excluding carboxylic acids is 2. The number of ketones is 1. The predicted octanol–water partition coefficient (Wildman–Crippen LogP) is 3.30. The Morgan fingerprint density at radius 1 is 0.960 bits per heavy atom. The molecular weight excluding hydrogens is 319 g/mol. The fourth-order valence-corrected chi connectivity index (χ4v) is 3.09. The molecule has 4 nitrogen and oxygen atoms in total. The van der Waals surface area contributed by atoms with Gasteiger partial charge < -0.3 is 9.80 Å². The molecule has 3 rings (SSSR count). The van der Waals surface area contributed by atoms with Crippen LogP contribution in [0, 0.1) is 12.7 Å². The van der Waals surface area contributed by atoms with Crippen LogP contribution in [-0.4, -0.2) is 42.8 Å². The Balaban J connectivity index is 1.68. The number of halogens is 1. The monoisotopic (exact) mass is 340 g/mol. The Morgan fingerprint density at radius 2 is 1.68 bits per heavy atom. The summed E-state index contributed by atoms with van der Waals surface area (Å²) in [5, 5.41) is 0. The molecule has 0 spiro atoms. The lowest BCUT2D eigenvalue weighted by Crippen LogP contribution is -2.49. The summed E-state index contributed by atoms with van der Waals surface area (Å²) in [5.41, 5.74) is 2.59. The second-order valence-electron chi connectivity index (χ2n) is 6.37.